The summed E-state index contributed by atoms with van der Waals surface area (Å²) in [7, 11) is -2.59. The normalized spacial score (nSPS) is 18.8. The van der Waals surface area contributed by atoms with Crippen molar-refractivity contribution in [3.63, 3.8) is 0 Å². The van der Waals surface area contributed by atoms with Crippen molar-refractivity contribution in [1.82, 2.24) is 4.31 Å². The van der Waals surface area contributed by atoms with Gasteiger partial charge in [-0.25, -0.2) is 8.42 Å². The van der Waals surface area contributed by atoms with Crippen LogP contribution in [0.5, 0.6) is 11.5 Å². The van der Waals surface area contributed by atoms with Crippen LogP contribution in [-0.2, 0) is 23.2 Å². The lowest BCUT2D eigenvalue weighted by Gasteiger charge is -2.37. The Hall–Kier alpha value is -2.91. The first-order valence-electron chi connectivity index (χ1n) is 10.1. The Morgan fingerprint density at radius 2 is 1.69 bits per heavy atom. The fourth-order valence-electron chi connectivity index (χ4n) is 3.75. The SMILES string of the molecule is COc1ccc2c(c1OCc1ccccc1)CN(S(=O)(=O)c1ccc(C)cc1)C(O)C2O. The Balaban J connectivity index is 1.74. The fraction of sp³-hybridized carbons (Fsp3) is 0.250. The van der Waals surface area contributed by atoms with Crippen LogP contribution in [0.4, 0.5) is 0 Å². The summed E-state index contributed by atoms with van der Waals surface area (Å²) in [4.78, 5) is 0.0347. The van der Waals surface area contributed by atoms with Gasteiger partial charge in [-0.2, -0.15) is 4.31 Å². The topological polar surface area (TPSA) is 96.3 Å². The number of nitrogens with zero attached hydrogens (tertiary/aromatic N) is 1. The van der Waals surface area contributed by atoms with Crippen LogP contribution >= 0.6 is 0 Å². The van der Waals surface area contributed by atoms with E-state index in [1.165, 1.54) is 19.2 Å². The minimum absolute atomic E-state index is 0.0347. The maximum atomic E-state index is 13.3. The van der Waals surface area contributed by atoms with Crippen LogP contribution in [0.1, 0.15) is 28.4 Å². The van der Waals surface area contributed by atoms with Crippen LogP contribution in [-0.4, -0.2) is 36.3 Å². The van der Waals surface area contributed by atoms with E-state index in [1.807, 2.05) is 37.3 Å². The highest BCUT2D eigenvalue weighted by atomic mass is 32.2. The lowest BCUT2D eigenvalue weighted by atomic mass is 9.96. The van der Waals surface area contributed by atoms with Gasteiger partial charge in [0.1, 0.15) is 12.7 Å². The molecule has 0 fully saturated rings. The molecule has 0 amide bonds. The molecule has 2 N–H and O–H groups in total. The molecule has 1 aliphatic rings. The monoisotopic (exact) mass is 455 g/mol. The van der Waals surface area contributed by atoms with Crippen molar-refractivity contribution in [2.24, 2.45) is 0 Å². The molecule has 3 aromatic carbocycles. The van der Waals surface area contributed by atoms with Gasteiger partial charge in [0.05, 0.1) is 12.0 Å². The van der Waals surface area contributed by atoms with Gasteiger partial charge in [0.25, 0.3) is 0 Å². The molecule has 0 saturated carbocycles. The molecule has 0 saturated heterocycles. The highest BCUT2D eigenvalue weighted by Gasteiger charge is 2.42. The van der Waals surface area contributed by atoms with Crippen LogP contribution in [0.2, 0.25) is 0 Å². The van der Waals surface area contributed by atoms with E-state index in [2.05, 4.69) is 0 Å². The highest BCUT2D eigenvalue weighted by Crippen LogP contribution is 2.43. The van der Waals surface area contributed by atoms with Crippen molar-refractivity contribution in [1.29, 1.82) is 0 Å². The summed E-state index contributed by atoms with van der Waals surface area (Å²) in [5.41, 5.74) is 2.69. The minimum Gasteiger partial charge on any atom is -0.493 e. The molecule has 0 aliphatic carbocycles. The summed E-state index contributed by atoms with van der Waals surface area (Å²) in [6.07, 6.45) is -3.08. The lowest BCUT2D eigenvalue weighted by molar-refractivity contribution is -0.0614. The van der Waals surface area contributed by atoms with Gasteiger partial charge >= 0.3 is 0 Å². The van der Waals surface area contributed by atoms with Crippen molar-refractivity contribution in [2.75, 3.05) is 7.11 Å². The molecule has 0 aromatic heterocycles. The van der Waals surface area contributed by atoms with Crippen LogP contribution in [0, 0.1) is 6.92 Å². The van der Waals surface area contributed by atoms with Crippen molar-refractivity contribution < 1.29 is 28.1 Å². The molecule has 1 heterocycles. The van der Waals surface area contributed by atoms with E-state index in [-0.39, 0.29) is 18.0 Å². The number of fused-ring (bicyclic) bond motifs is 1. The predicted molar refractivity (Wildman–Crippen MR) is 119 cm³/mol. The molecular formula is C24H25NO6S. The third kappa shape index (κ3) is 4.10. The molecule has 0 spiro atoms. The number of sulfonamides is 1. The first kappa shape index (κ1) is 22.3. The Morgan fingerprint density at radius 3 is 2.34 bits per heavy atom. The van der Waals surface area contributed by atoms with Gasteiger partial charge in [-0.05, 0) is 36.2 Å². The van der Waals surface area contributed by atoms with Crippen LogP contribution in [0.15, 0.2) is 71.6 Å². The van der Waals surface area contributed by atoms with E-state index >= 15 is 0 Å². The van der Waals surface area contributed by atoms with Gasteiger partial charge in [-0.3, -0.25) is 0 Å². The zero-order chi connectivity index (χ0) is 22.9. The summed E-state index contributed by atoms with van der Waals surface area (Å²) < 4.78 is 39.0. The maximum absolute atomic E-state index is 13.3. The van der Waals surface area contributed by atoms with Crippen LogP contribution in [0.25, 0.3) is 0 Å². The van der Waals surface area contributed by atoms with E-state index < -0.39 is 22.4 Å². The largest absolute Gasteiger partial charge is 0.493 e. The Labute approximate surface area is 187 Å². The van der Waals surface area contributed by atoms with Crippen molar-refractivity contribution >= 4 is 10.0 Å². The van der Waals surface area contributed by atoms with Crippen molar-refractivity contribution in [3.05, 3.63) is 89.0 Å². The van der Waals surface area contributed by atoms with Crippen LogP contribution in [0.3, 0.4) is 0 Å². The molecule has 1 aliphatic heterocycles. The van der Waals surface area contributed by atoms with Gasteiger partial charge in [0, 0.05) is 12.1 Å². The molecule has 4 rings (SSSR count). The number of aliphatic hydroxyl groups excluding tert-OH is 2. The molecular weight excluding hydrogens is 430 g/mol. The fourth-order valence-corrected chi connectivity index (χ4v) is 5.20. The van der Waals surface area contributed by atoms with Crippen molar-refractivity contribution in [3.8, 4) is 11.5 Å². The minimum atomic E-state index is -4.08. The highest BCUT2D eigenvalue weighted by molar-refractivity contribution is 7.89. The first-order chi connectivity index (χ1) is 15.3. The molecule has 3 aromatic rings. The maximum Gasteiger partial charge on any atom is 0.245 e. The first-order valence-corrected chi connectivity index (χ1v) is 11.6. The van der Waals surface area contributed by atoms with Gasteiger partial charge < -0.3 is 19.7 Å². The average Bonchev–Trinajstić information content (AvgIpc) is 2.80. The summed E-state index contributed by atoms with van der Waals surface area (Å²) in [5, 5.41) is 21.5. The molecule has 32 heavy (non-hydrogen) atoms. The molecule has 7 nitrogen and oxygen atoms in total. The van der Waals surface area contributed by atoms with Gasteiger partial charge in [0.2, 0.25) is 10.0 Å². The van der Waals surface area contributed by atoms with Gasteiger partial charge in [-0.15, -0.1) is 0 Å². The van der Waals surface area contributed by atoms with Crippen LogP contribution < -0.4 is 9.47 Å². The molecule has 0 radical (unpaired) electrons. The second-order valence-corrected chi connectivity index (χ2v) is 9.55. The number of hydrogen-bond donors (Lipinski definition) is 2. The summed E-state index contributed by atoms with van der Waals surface area (Å²) in [5.74, 6) is 0.750. The van der Waals surface area contributed by atoms with E-state index in [4.69, 9.17) is 9.47 Å². The number of methoxy groups -OCH3 is 1. The Morgan fingerprint density at radius 1 is 1.00 bits per heavy atom. The number of ether oxygens (including phenoxy) is 2. The number of aryl methyl sites for hydroxylation is 1. The van der Waals surface area contributed by atoms with E-state index in [1.54, 1.807) is 24.3 Å². The summed E-state index contributed by atoms with van der Waals surface area (Å²) in [6, 6.07) is 19.1. The zero-order valence-corrected chi connectivity index (χ0v) is 18.6. The molecule has 168 valence electrons. The lowest BCUT2D eigenvalue weighted by Crippen LogP contribution is -2.46. The van der Waals surface area contributed by atoms with Gasteiger partial charge in [-0.1, -0.05) is 54.1 Å². The molecule has 0 bridgehead atoms. The molecule has 2 atom stereocenters. The molecule has 2 unspecified atom stereocenters. The number of hydrogen-bond acceptors (Lipinski definition) is 6. The Bertz CT molecular complexity index is 1200. The number of rotatable bonds is 6. The smallest absolute Gasteiger partial charge is 0.245 e. The van der Waals surface area contributed by atoms with Crippen molar-refractivity contribution in [2.45, 2.75) is 37.3 Å². The Kier molecular flexibility index (Phi) is 6.21. The predicted octanol–water partition coefficient (Wildman–Crippen LogP) is 3.14. The second-order valence-electron chi connectivity index (χ2n) is 7.66. The van der Waals surface area contributed by atoms with E-state index in [0.717, 1.165) is 15.4 Å². The standard InChI is InChI=1S/C24H25NO6S/c1-16-8-10-18(11-9-16)32(28,29)25-14-20-19(22(26)24(25)27)12-13-21(30-2)23(20)31-15-17-6-4-3-5-7-17/h3-13,22,24,26-27H,14-15H2,1-2H3. The third-order valence-electron chi connectivity index (χ3n) is 5.54. The second kappa shape index (κ2) is 8.91. The average molecular weight is 456 g/mol. The van der Waals surface area contributed by atoms with E-state index in [0.29, 0.717) is 22.6 Å². The summed E-state index contributed by atoms with van der Waals surface area (Å²) >= 11 is 0. The summed E-state index contributed by atoms with van der Waals surface area (Å²) in [6.45, 7) is 1.91. The quantitative estimate of drug-likeness (QED) is 0.593. The van der Waals surface area contributed by atoms with E-state index in [9.17, 15) is 18.6 Å². The molecule has 8 heteroatoms. The number of benzene rings is 3. The van der Waals surface area contributed by atoms with Gasteiger partial charge in [0.15, 0.2) is 17.7 Å². The number of aliphatic hydroxyl groups is 2. The third-order valence-corrected chi connectivity index (χ3v) is 7.37. The zero-order valence-electron chi connectivity index (χ0n) is 17.8.